The molecular formula is C30H31FN4O4. The van der Waals surface area contributed by atoms with Crippen molar-refractivity contribution in [3.63, 3.8) is 0 Å². The Morgan fingerprint density at radius 1 is 1.26 bits per heavy atom. The molecule has 202 valence electrons. The number of halogens is 1. The summed E-state index contributed by atoms with van der Waals surface area (Å²) in [5.41, 5.74) is 1.70. The van der Waals surface area contributed by atoms with E-state index >= 15 is 0 Å². The number of rotatable bonds is 7. The Kier molecular flexibility index (Phi) is 5.95. The molecule has 8 nitrogen and oxygen atoms in total. The smallest absolute Gasteiger partial charge is 0.230 e. The number of nitrogens with zero attached hydrogens (tertiary/aromatic N) is 3. The summed E-state index contributed by atoms with van der Waals surface area (Å²) in [4.78, 5) is 31.5. The Morgan fingerprint density at radius 2 is 2.00 bits per heavy atom. The standard InChI is InChI=1S/C30H31FN4O4/c1-17(2)26-25(18-4-6-20(31)7-5-18)22-10-19-14-32-34-24(19)11-23(22)27(33-26)39-21-12-30(13-21)8-9-35(28(30)38)29(3,15-36)16-37/h4-7,10-11,14-15,17,21,37H,8-9,12-13,16H2,1-3H3,(H,32,34). The number of pyridine rings is 1. The lowest BCUT2D eigenvalue weighted by Crippen LogP contribution is -2.56. The fourth-order valence-electron chi connectivity index (χ4n) is 6.09. The number of fused-ring (bicyclic) bond motifs is 2. The molecule has 2 N–H and O–H groups in total. The molecule has 9 heteroatoms. The van der Waals surface area contributed by atoms with Gasteiger partial charge in [-0.3, -0.25) is 9.89 Å². The lowest BCUT2D eigenvalue weighted by molar-refractivity contribution is -0.153. The average molecular weight is 531 g/mol. The number of aldehydes is 1. The number of aromatic amines is 1. The summed E-state index contributed by atoms with van der Waals surface area (Å²) >= 11 is 0. The van der Waals surface area contributed by atoms with Gasteiger partial charge in [0.25, 0.3) is 0 Å². The van der Waals surface area contributed by atoms with E-state index in [0.717, 1.165) is 38.5 Å². The number of carbonyl (C=O) groups is 2. The molecule has 4 aromatic rings. The number of likely N-dealkylation sites (tertiary alicyclic amines) is 1. The molecule has 1 unspecified atom stereocenters. The van der Waals surface area contributed by atoms with E-state index in [1.807, 2.05) is 6.07 Å². The highest BCUT2D eigenvalue weighted by atomic mass is 19.1. The zero-order chi connectivity index (χ0) is 27.5. The van der Waals surface area contributed by atoms with Gasteiger partial charge in [-0.15, -0.1) is 0 Å². The molecule has 1 saturated heterocycles. The largest absolute Gasteiger partial charge is 0.474 e. The van der Waals surface area contributed by atoms with Crippen molar-refractivity contribution in [1.82, 2.24) is 20.1 Å². The van der Waals surface area contributed by atoms with Gasteiger partial charge in [0.15, 0.2) is 0 Å². The summed E-state index contributed by atoms with van der Waals surface area (Å²) in [7, 11) is 0. The van der Waals surface area contributed by atoms with Gasteiger partial charge in [0.1, 0.15) is 23.7 Å². The molecule has 2 fully saturated rings. The first-order valence-electron chi connectivity index (χ1n) is 13.3. The first-order chi connectivity index (χ1) is 18.7. The van der Waals surface area contributed by atoms with E-state index in [4.69, 9.17) is 9.72 Å². The van der Waals surface area contributed by atoms with E-state index in [1.165, 1.54) is 17.0 Å². The number of nitrogens with one attached hydrogen (secondary N) is 1. The van der Waals surface area contributed by atoms with E-state index in [-0.39, 0.29) is 23.7 Å². The quantitative estimate of drug-likeness (QED) is 0.334. The third-order valence-electron chi connectivity index (χ3n) is 8.45. The van der Waals surface area contributed by atoms with Gasteiger partial charge in [-0.05, 0) is 67.3 Å². The van der Waals surface area contributed by atoms with Gasteiger partial charge in [-0.25, -0.2) is 9.37 Å². The molecule has 39 heavy (non-hydrogen) atoms. The van der Waals surface area contributed by atoms with Crippen LogP contribution in [0.1, 0.15) is 51.6 Å². The minimum Gasteiger partial charge on any atom is -0.474 e. The van der Waals surface area contributed by atoms with Gasteiger partial charge in [0.2, 0.25) is 11.8 Å². The van der Waals surface area contributed by atoms with Gasteiger partial charge in [0, 0.05) is 22.9 Å². The number of amides is 1. The number of H-pyrrole nitrogens is 1. The molecule has 2 aromatic heterocycles. The fraction of sp³-hybridized carbons (Fsp3) is 0.400. The van der Waals surface area contributed by atoms with Crippen molar-refractivity contribution in [2.75, 3.05) is 13.2 Å². The Balaban J connectivity index is 1.38. The Labute approximate surface area is 225 Å². The summed E-state index contributed by atoms with van der Waals surface area (Å²) in [5.74, 6) is 0.156. The second-order valence-electron chi connectivity index (χ2n) is 11.5. The number of hydrogen-bond donors (Lipinski definition) is 2. The fourth-order valence-corrected chi connectivity index (χ4v) is 6.09. The summed E-state index contributed by atoms with van der Waals surface area (Å²) in [6, 6.07) is 10.5. The number of ether oxygens (including phenoxy) is 1. The van der Waals surface area contributed by atoms with Crippen molar-refractivity contribution in [1.29, 1.82) is 0 Å². The topological polar surface area (TPSA) is 108 Å². The summed E-state index contributed by atoms with van der Waals surface area (Å²) in [5, 5.41) is 19.6. The molecule has 1 saturated carbocycles. The zero-order valence-electron chi connectivity index (χ0n) is 22.2. The highest BCUT2D eigenvalue weighted by molar-refractivity contribution is 6.06. The van der Waals surface area contributed by atoms with Crippen LogP contribution in [0.5, 0.6) is 5.88 Å². The maximum Gasteiger partial charge on any atom is 0.230 e. The third-order valence-corrected chi connectivity index (χ3v) is 8.45. The van der Waals surface area contributed by atoms with E-state index in [2.05, 4.69) is 30.1 Å². The van der Waals surface area contributed by atoms with Crippen LogP contribution in [0.4, 0.5) is 4.39 Å². The SMILES string of the molecule is CC(C)c1nc(OC2CC3(CCN(C(C)(C=O)CO)C3=O)C2)c2cc3[nH]ncc3cc2c1-c1ccc(F)cc1. The molecule has 0 radical (unpaired) electrons. The summed E-state index contributed by atoms with van der Waals surface area (Å²) < 4.78 is 20.3. The van der Waals surface area contributed by atoms with Crippen molar-refractivity contribution in [2.45, 2.75) is 57.6 Å². The van der Waals surface area contributed by atoms with Gasteiger partial charge >= 0.3 is 0 Å². The minimum atomic E-state index is -1.21. The lowest BCUT2D eigenvalue weighted by Gasteiger charge is -2.44. The average Bonchev–Trinajstić information content (AvgIpc) is 3.51. The van der Waals surface area contributed by atoms with Crippen LogP contribution in [0.2, 0.25) is 0 Å². The monoisotopic (exact) mass is 530 g/mol. The van der Waals surface area contributed by atoms with Crippen LogP contribution in [0.3, 0.4) is 0 Å². The van der Waals surface area contributed by atoms with Crippen LogP contribution in [-0.4, -0.2) is 62.2 Å². The Morgan fingerprint density at radius 3 is 2.67 bits per heavy atom. The number of benzene rings is 2. The molecule has 1 atom stereocenters. The number of aromatic nitrogens is 3. The van der Waals surface area contributed by atoms with Crippen molar-refractivity contribution >= 4 is 33.9 Å². The second-order valence-corrected chi connectivity index (χ2v) is 11.5. The van der Waals surface area contributed by atoms with Crippen LogP contribution in [0.15, 0.2) is 42.6 Å². The first-order valence-corrected chi connectivity index (χ1v) is 13.3. The van der Waals surface area contributed by atoms with Gasteiger partial charge < -0.3 is 19.5 Å². The van der Waals surface area contributed by atoms with Crippen LogP contribution in [0, 0.1) is 11.2 Å². The molecule has 0 bridgehead atoms. The van der Waals surface area contributed by atoms with Crippen molar-refractivity contribution in [3.05, 3.63) is 54.1 Å². The van der Waals surface area contributed by atoms with Crippen molar-refractivity contribution < 1.29 is 23.8 Å². The van der Waals surface area contributed by atoms with Crippen molar-refractivity contribution in [3.8, 4) is 17.0 Å². The van der Waals surface area contributed by atoms with Crippen LogP contribution < -0.4 is 4.74 Å². The highest BCUT2D eigenvalue weighted by Crippen LogP contribution is 2.52. The minimum absolute atomic E-state index is 0.0639. The molecule has 1 spiro atoms. The second kappa shape index (κ2) is 9.12. The molecule has 3 heterocycles. The van der Waals surface area contributed by atoms with Crippen molar-refractivity contribution in [2.24, 2.45) is 5.41 Å². The third kappa shape index (κ3) is 3.98. The first kappa shape index (κ1) is 25.4. The number of carbonyl (C=O) groups excluding carboxylic acids is 2. The van der Waals surface area contributed by atoms with Crippen LogP contribution in [0.25, 0.3) is 32.8 Å². The predicted molar refractivity (Wildman–Crippen MR) is 145 cm³/mol. The van der Waals surface area contributed by atoms with E-state index < -0.39 is 17.6 Å². The number of aliphatic hydroxyl groups is 1. The Hall–Kier alpha value is -3.85. The highest BCUT2D eigenvalue weighted by Gasteiger charge is 2.59. The Bertz CT molecular complexity index is 1590. The lowest BCUT2D eigenvalue weighted by atomic mass is 9.65. The van der Waals surface area contributed by atoms with Crippen LogP contribution in [-0.2, 0) is 9.59 Å². The maximum absolute atomic E-state index is 13.8. The predicted octanol–water partition coefficient (Wildman–Crippen LogP) is 4.75. The van der Waals surface area contributed by atoms with E-state index in [0.29, 0.717) is 38.0 Å². The zero-order valence-corrected chi connectivity index (χ0v) is 22.2. The molecular weight excluding hydrogens is 499 g/mol. The molecule has 2 aliphatic rings. The molecule has 1 amide bonds. The summed E-state index contributed by atoms with van der Waals surface area (Å²) in [6.45, 7) is 5.75. The summed E-state index contributed by atoms with van der Waals surface area (Å²) in [6.07, 6.45) is 3.88. The van der Waals surface area contributed by atoms with Gasteiger partial charge in [-0.1, -0.05) is 26.0 Å². The van der Waals surface area contributed by atoms with Gasteiger partial charge in [-0.2, -0.15) is 5.10 Å². The van der Waals surface area contributed by atoms with E-state index in [9.17, 15) is 19.1 Å². The van der Waals surface area contributed by atoms with Crippen LogP contribution >= 0.6 is 0 Å². The molecule has 1 aliphatic carbocycles. The number of aliphatic hydroxyl groups excluding tert-OH is 1. The normalized spacial score (nSPS) is 22.6. The van der Waals surface area contributed by atoms with E-state index in [1.54, 1.807) is 25.3 Å². The van der Waals surface area contributed by atoms with Gasteiger partial charge in [0.05, 0.1) is 29.4 Å². The molecule has 1 aliphatic heterocycles. The maximum atomic E-state index is 13.8. The molecule has 6 rings (SSSR count). The molecule has 2 aromatic carbocycles. The number of hydrogen-bond acceptors (Lipinski definition) is 6.